The van der Waals surface area contributed by atoms with Crippen LogP contribution < -0.4 is 0 Å². The van der Waals surface area contributed by atoms with Crippen molar-refractivity contribution in [3.8, 4) is 0 Å². The average molecular weight is 181 g/mol. The summed E-state index contributed by atoms with van der Waals surface area (Å²) < 4.78 is 0. The van der Waals surface area contributed by atoms with Crippen LogP contribution in [0.1, 0.15) is 40.0 Å². The van der Waals surface area contributed by atoms with Gasteiger partial charge in [-0.15, -0.1) is 0 Å². The fraction of sp³-hybridized carbons (Fsp3) is 1.00. The number of hydrogen-bond donors (Lipinski definition) is 0. The third-order valence-corrected chi connectivity index (χ3v) is 4.31. The summed E-state index contributed by atoms with van der Waals surface area (Å²) in [6.45, 7) is 9.90. The van der Waals surface area contributed by atoms with Gasteiger partial charge in [-0.1, -0.05) is 13.3 Å². The molecular formula is C12H23N. The molecule has 0 aromatic rings. The van der Waals surface area contributed by atoms with Gasteiger partial charge in [0, 0.05) is 19.1 Å². The van der Waals surface area contributed by atoms with E-state index in [1.54, 1.807) is 0 Å². The van der Waals surface area contributed by atoms with Crippen LogP contribution in [0.5, 0.6) is 0 Å². The minimum Gasteiger partial charge on any atom is -0.300 e. The quantitative estimate of drug-likeness (QED) is 0.601. The van der Waals surface area contributed by atoms with Crippen molar-refractivity contribution in [2.24, 2.45) is 17.8 Å². The van der Waals surface area contributed by atoms with Crippen molar-refractivity contribution in [1.82, 2.24) is 4.90 Å². The van der Waals surface area contributed by atoms with Crippen molar-refractivity contribution in [2.45, 2.75) is 46.1 Å². The third-order valence-electron chi connectivity index (χ3n) is 4.31. The van der Waals surface area contributed by atoms with Crippen LogP contribution in [0.25, 0.3) is 0 Å². The Labute approximate surface area is 82.5 Å². The van der Waals surface area contributed by atoms with E-state index in [-0.39, 0.29) is 0 Å². The number of rotatable bonds is 1. The molecule has 1 heteroatoms. The average Bonchev–Trinajstić information content (AvgIpc) is 2.02. The Morgan fingerprint density at radius 3 is 2.08 bits per heavy atom. The summed E-state index contributed by atoms with van der Waals surface area (Å²) in [5.74, 6) is 3.02. The van der Waals surface area contributed by atoms with Crippen LogP contribution in [0.2, 0.25) is 0 Å². The van der Waals surface area contributed by atoms with Crippen LogP contribution >= 0.6 is 0 Å². The summed E-state index contributed by atoms with van der Waals surface area (Å²) in [5, 5.41) is 0. The molecule has 0 radical (unpaired) electrons. The highest BCUT2D eigenvalue weighted by molar-refractivity contribution is 4.89. The standard InChI is InChI=1S/C12H23N/c1-9(2)13-7-11-5-4-6-12(8-13)10(11)3/h9-12H,4-8H2,1-3H3/t10?,11-,12+. The second-order valence-corrected chi connectivity index (χ2v) is 5.36. The van der Waals surface area contributed by atoms with Crippen molar-refractivity contribution < 1.29 is 0 Å². The molecule has 2 rings (SSSR count). The fourth-order valence-corrected chi connectivity index (χ4v) is 3.17. The lowest BCUT2D eigenvalue weighted by Gasteiger charge is -2.47. The van der Waals surface area contributed by atoms with E-state index < -0.39 is 0 Å². The molecule has 1 heterocycles. The molecule has 2 fully saturated rings. The number of nitrogens with zero attached hydrogens (tertiary/aromatic N) is 1. The minimum atomic E-state index is 0.760. The van der Waals surface area contributed by atoms with Crippen molar-refractivity contribution in [2.75, 3.05) is 13.1 Å². The zero-order valence-corrected chi connectivity index (χ0v) is 9.29. The Morgan fingerprint density at radius 1 is 1.08 bits per heavy atom. The molecule has 1 unspecified atom stereocenters. The molecule has 76 valence electrons. The molecule has 3 atom stereocenters. The molecular weight excluding hydrogens is 158 g/mol. The maximum atomic E-state index is 2.69. The molecule has 1 nitrogen and oxygen atoms in total. The summed E-state index contributed by atoms with van der Waals surface area (Å²) >= 11 is 0. The van der Waals surface area contributed by atoms with Gasteiger partial charge in [-0.05, 0) is 44.4 Å². The van der Waals surface area contributed by atoms with E-state index in [4.69, 9.17) is 0 Å². The summed E-state index contributed by atoms with van der Waals surface area (Å²) in [5.41, 5.74) is 0. The Kier molecular flexibility index (Phi) is 2.64. The van der Waals surface area contributed by atoms with E-state index in [1.807, 2.05) is 0 Å². The van der Waals surface area contributed by atoms with Gasteiger partial charge in [0.15, 0.2) is 0 Å². The Morgan fingerprint density at radius 2 is 1.62 bits per heavy atom. The van der Waals surface area contributed by atoms with E-state index in [1.165, 1.54) is 32.4 Å². The molecule has 0 N–H and O–H groups in total. The normalized spacial score (nSPS) is 41.1. The predicted octanol–water partition coefficient (Wildman–Crippen LogP) is 2.76. The topological polar surface area (TPSA) is 3.24 Å². The zero-order valence-electron chi connectivity index (χ0n) is 9.29. The monoisotopic (exact) mass is 181 g/mol. The number of hydrogen-bond acceptors (Lipinski definition) is 1. The molecule has 0 amide bonds. The Balaban J connectivity index is 2.03. The minimum absolute atomic E-state index is 0.760. The first-order chi connectivity index (χ1) is 6.18. The molecule has 1 aliphatic carbocycles. The van der Waals surface area contributed by atoms with Crippen molar-refractivity contribution in [3.05, 3.63) is 0 Å². The lowest BCUT2D eigenvalue weighted by atomic mass is 9.70. The van der Waals surface area contributed by atoms with Crippen molar-refractivity contribution >= 4 is 0 Å². The van der Waals surface area contributed by atoms with Gasteiger partial charge < -0.3 is 4.90 Å². The smallest absolute Gasteiger partial charge is 0.00388 e. The van der Waals surface area contributed by atoms with E-state index in [2.05, 4.69) is 25.7 Å². The van der Waals surface area contributed by atoms with Crippen LogP contribution in [0, 0.1) is 17.8 Å². The first kappa shape index (κ1) is 9.51. The van der Waals surface area contributed by atoms with E-state index >= 15 is 0 Å². The summed E-state index contributed by atoms with van der Waals surface area (Å²) in [6, 6.07) is 0.760. The van der Waals surface area contributed by atoms with E-state index in [9.17, 15) is 0 Å². The highest BCUT2D eigenvalue weighted by Crippen LogP contribution is 2.39. The van der Waals surface area contributed by atoms with Crippen LogP contribution in [-0.4, -0.2) is 24.0 Å². The van der Waals surface area contributed by atoms with Gasteiger partial charge in [-0.25, -0.2) is 0 Å². The maximum Gasteiger partial charge on any atom is 0.00388 e. The first-order valence-electron chi connectivity index (χ1n) is 5.92. The number of fused-ring (bicyclic) bond motifs is 2. The van der Waals surface area contributed by atoms with Gasteiger partial charge in [0.25, 0.3) is 0 Å². The molecule has 1 aliphatic heterocycles. The van der Waals surface area contributed by atoms with Crippen LogP contribution in [0.4, 0.5) is 0 Å². The summed E-state index contributed by atoms with van der Waals surface area (Å²) in [7, 11) is 0. The largest absolute Gasteiger partial charge is 0.300 e. The SMILES string of the molecule is CC1[C@@H]2CCC[C@H]1CN(C(C)C)C2. The molecule has 0 spiro atoms. The van der Waals surface area contributed by atoms with Gasteiger partial charge in [0.1, 0.15) is 0 Å². The van der Waals surface area contributed by atoms with Crippen LogP contribution in [-0.2, 0) is 0 Å². The highest BCUT2D eigenvalue weighted by Gasteiger charge is 2.36. The second-order valence-electron chi connectivity index (χ2n) is 5.36. The van der Waals surface area contributed by atoms with Gasteiger partial charge in [0.2, 0.25) is 0 Å². The van der Waals surface area contributed by atoms with Gasteiger partial charge in [0.05, 0.1) is 0 Å². The van der Waals surface area contributed by atoms with Crippen LogP contribution in [0.15, 0.2) is 0 Å². The fourth-order valence-electron chi connectivity index (χ4n) is 3.17. The first-order valence-corrected chi connectivity index (χ1v) is 5.92. The lowest BCUT2D eigenvalue weighted by Crippen LogP contribution is -2.49. The number of piperidine rings is 1. The van der Waals surface area contributed by atoms with Crippen molar-refractivity contribution in [1.29, 1.82) is 0 Å². The van der Waals surface area contributed by atoms with E-state index in [0.717, 1.165) is 23.8 Å². The molecule has 13 heavy (non-hydrogen) atoms. The van der Waals surface area contributed by atoms with Gasteiger partial charge in [-0.2, -0.15) is 0 Å². The number of likely N-dealkylation sites (tertiary alicyclic amines) is 1. The highest BCUT2D eigenvalue weighted by atomic mass is 15.2. The molecule has 2 bridgehead atoms. The summed E-state index contributed by atoms with van der Waals surface area (Å²) in [6.07, 6.45) is 4.47. The molecule has 1 saturated heterocycles. The Bertz CT molecular complexity index is 162. The molecule has 2 aliphatic rings. The van der Waals surface area contributed by atoms with Gasteiger partial charge >= 0.3 is 0 Å². The lowest BCUT2D eigenvalue weighted by molar-refractivity contribution is 0.0162. The second kappa shape index (κ2) is 3.61. The van der Waals surface area contributed by atoms with E-state index in [0.29, 0.717) is 0 Å². The predicted molar refractivity (Wildman–Crippen MR) is 56.7 cm³/mol. The molecule has 0 aromatic carbocycles. The van der Waals surface area contributed by atoms with Crippen LogP contribution in [0.3, 0.4) is 0 Å². The maximum absolute atomic E-state index is 2.69. The third kappa shape index (κ3) is 1.76. The Hall–Kier alpha value is -0.0400. The van der Waals surface area contributed by atoms with Crippen molar-refractivity contribution in [3.63, 3.8) is 0 Å². The van der Waals surface area contributed by atoms with Gasteiger partial charge in [-0.3, -0.25) is 0 Å². The molecule has 1 saturated carbocycles. The summed E-state index contributed by atoms with van der Waals surface area (Å²) in [4.78, 5) is 2.69. The zero-order chi connectivity index (χ0) is 9.42. The molecule has 0 aromatic heterocycles.